The van der Waals surface area contributed by atoms with Crippen LogP contribution in [0.2, 0.25) is 0 Å². The van der Waals surface area contributed by atoms with Crippen LogP contribution in [0.5, 0.6) is 0 Å². The topological polar surface area (TPSA) is 66.6 Å². The molecule has 0 amide bonds. The summed E-state index contributed by atoms with van der Waals surface area (Å²) in [5.74, 6) is 0.197. The predicted molar refractivity (Wildman–Crippen MR) is 70.9 cm³/mol. The average molecular weight is 269 g/mol. The number of nitrogens with zero attached hydrogens (tertiary/aromatic N) is 2. The molecule has 0 aliphatic carbocycles. The van der Waals surface area contributed by atoms with Gasteiger partial charge in [-0.2, -0.15) is 17.0 Å². The largest absolute Gasteiger partial charge is 0.330 e. The summed E-state index contributed by atoms with van der Waals surface area (Å²) in [7, 11) is -1.73. The van der Waals surface area contributed by atoms with Crippen molar-refractivity contribution in [1.29, 1.82) is 0 Å². The standard InChI is InChI=1S/C12H19N3O2S/c1-14-8-12(7-13)10-15(18(14,16)17)9-11-5-3-2-4-6-11/h2-6,12H,7-10,13H2,1H3. The second kappa shape index (κ2) is 5.36. The molecule has 5 nitrogen and oxygen atoms in total. The van der Waals surface area contributed by atoms with E-state index in [1.165, 1.54) is 8.61 Å². The summed E-state index contributed by atoms with van der Waals surface area (Å²) in [5.41, 5.74) is 6.65. The van der Waals surface area contributed by atoms with Crippen LogP contribution in [0, 0.1) is 5.92 Å². The molecule has 1 atom stereocenters. The molecule has 1 fully saturated rings. The van der Waals surface area contributed by atoms with Crippen LogP contribution in [0.4, 0.5) is 0 Å². The van der Waals surface area contributed by atoms with Gasteiger partial charge in [0.2, 0.25) is 0 Å². The van der Waals surface area contributed by atoms with E-state index in [4.69, 9.17) is 5.73 Å². The van der Waals surface area contributed by atoms with Gasteiger partial charge in [0.25, 0.3) is 10.2 Å². The summed E-state index contributed by atoms with van der Waals surface area (Å²) in [6.07, 6.45) is 0. The van der Waals surface area contributed by atoms with Crippen molar-refractivity contribution in [2.24, 2.45) is 11.7 Å². The molecule has 0 spiro atoms. The van der Waals surface area contributed by atoms with Gasteiger partial charge >= 0.3 is 0 Å². The molecule has 2 rings (SSSR count). The van der Waals surface area contributed by atoms with Gasteiger partial charge < -0.3 is 5.73 Å². The fourth-order valence-electron chi connectivity index (χ4n) is 2.18. The maximum Gasteiger partial charge on any atom is 0.282 e. The van der Waals surface area contributed by atoms with Crippen molar-refractivity contribution in [3.05, 3.63) is 35.9 Å². The molecule has 100 valence electrons. The number of nitrogens with two attached hydrogens (primary N) is 1. The highest BCUT2D eigenvalue weighted by molar-refractivity contribution is 7.86. The first kappa shape index (κ1) is 13.5. The van der Waals surface area contributed by atoms with E-state index in [1.54, 1.807) is 7.05 Å². The molecule has 2 N–H and O–H groups in total. The van der Waals surface area contributed by atoms with Crippen LogP contribution in [-0.2, 0) is 16.8 Å². The van der Waals surface area contributed by atoms with E-state index in [9.17, 15) is 8.42 Å². The normalized spacial score (nSPS) is 25.1. The van der Waals surface area contributed by atoms with Gasteiger partial charge in [-0.25, -0.2) is 0 Å². The zero-order valence-corrected chi connectivity index (χ0v) is 11.3. The van der Waals surface area contributed by atoms with Gasteiger partial charge in [-0.1, -0.05) is 30.3 Å². The lowest BCUT2D eigenvalue weighted by molar-refractivity contribution is 0.242. The number of rotatable bonds is 3. The molecule has 1 unspecified atom stereocenters. The van der Waals surface area contributed by atoms with Gasteiger partial charge in [0.15, 0.2) is 0 Å². The van der Waals surface area contributed by atoms with E-state index < -0.39 is 10.2 Å². The van der Waals surface area contributed by atoms with Crippen molar-refractivity contribution >= 4 is 10.2 Å². The third kappa shape index (κ3) is 2.72. The second-order valence-corrected chi connectivity index (χ2v) is 6.70. The zero-order chi connectivity index (χ0) is 13.2. The van der Waals surface area contributed by atoms with E-state index in [1.807, 2.05) is 30.3 Å². The zero-order valence-electron chi connectivity index (χ0n) is 10.5. The minimum Gasteiger partial charge on any atom is -0.330 e. The molecule has 0 aromatic heterocycles. The molecule has 0 radical (unpaired) electrons. The molecular weight excluding hydrogens is 250 g/mol. The van der Waals surface area contributed by atoms with Gasteiger partial charge in [-0.15, -0.1) is 0 Å². The summed E-state index contributed by atoms with van der Waals surface area (Å²) < 4.78 is 27.3. The minimum absolute atomic E-state index is 0.197. The third-order valence-corrected chi connectivity index (χ3v) is 5.10. The molecule has 6 heteroatoms. The monoisotopic (exact) mass is 269 g/mol. The number of hydrogen-bond donors (Lipinski definition) is 1. The van der Waals surface area contributed by atoms with Crippen LogP contribution >= 0.6 is 0 Å². The SMILES string of the molecule is CN1CC(CN)CN(Cc2ccccc2)S1(=O)=O. The Balaban J connectivity index is 2.19. The molecule has 0 bridgehead atoms. The lowest BCUT2D eigenvalue weighted by Gasteiger charge is -2.37. The van der Waals surface area contributed by atoms with Crippen molar-refractivity contribution in [2.75, 3.05) is 26.7 Å². The molecule has 1 saturated heterocycles. The quantitative estimate of drug-likeness (QED) is 0.855. The van der Waals surface area contributed by atoms with E-state index in [-0.39, 0.29) is 5.92 Å². The lowest BCUT2D eigenvalue weighted by Crippen LogP contribution is -2.53. The summed E-state index contributed by atoms with van der Waals surface area (Å²) in [4.78, 5) is 0. The van der Waals surface area contributed by atoms with Gasteiger partial charge in [0.05, 0.1) is 0 Å². The Morgan fingerprint density at radius 1 is 1.28 bits per heavy atom. The van der Waals surface area contributed by atoms with Gasteiger partial charge in [0.1, 0.15) is 0 Å². The second-order valence-electron chi connectivity index (χ2n) is 4.67. The first-order valence-electron chi connectivity index (χ1n) is 5.99. The van der Waals surface area contributed by atoms with Crippen LogP contribution < -0.4 is 5.73 Å². The molecule has 0 saturated carbocycles. The van der Waals surface area contributed by atoms with Crippen molar-refractivity contribution in [1.82, 2.24) is 8.61 Å². The fraction of sp³-hybridized carbons (Fsp3) is 0.500. The van der Waals surface area contributed by atoms with Crippen molar-refractivity contribution in [3.8, 4) is 0 Å². The van der Waals surface area contributed by atoms with Crippen LogP contribution in [0.1, 0.15) is 5.56 Å². The van der Waals surface area contributed by atoms with Crippen molar-refractivity contribution in [2.45, 2.75) is 6.54 Å². The Labute approximate surface area is 108 Å². The fourth-order valence-corrected chi connectivity index (χ4v) is 3.68. The van der Waals surface area contributed by atoms with E-state index >= 15 is 0 Å². The Morgan fingerprint density at radius 2 is 1.94 bits per heavy atom. The van der Waals surface area contributed by atoms with Gasteiger partial charge in [0, 0.05) is 26.7 Å². The van der Waals surface area contributed by atoms with Crippen LogP contribution in [-0.4, -0.2) is 43.7 Å². The van der Waals surface area contributed by atoms with E-state index in [0.29, 0.717) is 26.2 Å². The highest BCUT2D eigenvalue weighted by atomic mass is 32.2. The van der Waals surface area contributed by atoms with Crippen molar-refractivity contribution < 1.29 is 8.42 Å². The molecule has 1 aliphatic rings. The molecule has 1 aromatic carbocycles. The first-order chi connectivity index (χ1) is 8.54. The van der Waals surface area contributed by atoms with Crippen LogP contribution in [0.15, 0.2) is 30.3 Å². The molecule has 1 aliphatic heterocycles. The first-order valence-corrected chi connectivity index (χ1v) is 7.39. The molecule has 18 heavy (non-hydrogen) atoms. The maximum atomic E-state index is 12.2. The summed E-state index contributed by atoms with van der Waals surface area (Å²) in [6, 6.07) is 9.61. The minimum atomic E-state index is -3.33. The molecular formula is C12H19N3O2S. The van der Waals surface area contributed by atoms with E-state index in [0.717, 1.165) is 5.56 Å². The highest BCUT2D eigenvalue weighted by Gasteiger charge is 2.35. The van der Waals surface area contributed by atoms with Crippen LogP contribution in [0.25, 0.3) is 0 Å². The average Bonchev–Trinajstić information content (AvgIpc) is 2.36. The maximum absolute atomic E-state index is 12.2. The number of hydrogen-bond acceptors (Lipinski definition) is 3. The Morgan fingerprint density at radius 3 is 2.56 bits per heavy atom. The highest BCUT2D eigenvalue weighted by Crippen LogP contribution is 2.20. The molecule has 1 heterocycles. The summed E-state index contributed by atoms with van der Waals surface area (Å²) >= 11 is 0. The lowest BCUT2D eigenvalue weighted by atomic mass is 10.1. The Bertz CT molecular complexity index is 489. The Hall–Kier alpha value is -0.950. The smallest absolute Gasteiger partial charge is 0.282 e. The third-order valence-electron chi connectivity index (χ3n) is 3.23. The van der Waals surface area contributed by atoms with Crippen molar-refractivity contribution in [3.63, 3.8) is 0 Å². The molecule has 1 aromatic rings. The summed E-state index contributed by atoms with van der Waals surface area (Å²) in [5, 5.41) is 0. The summed E-state index contributed by atoms with van der Waals surface area (Å²) in [6.45, 7) is 1.91. The number of benzene rings is 1. The van der Waals surface area contributed by atoms with E-state index in [2.05, 4.69) is 0 Å². The Kier molecular flexibility index (Phi) is 4.01. The van der Waals surface area contributed by atoms with Gasteiger partial charge in [-0.05, 0) is 18.0 Å². The van der Waals surface area contributed by atoms with Gasteiger partial charge in [-0.3, -0.25) is 0 Å². The van der Waals surface area contributed by atoms with Crippen LogP contribution in [0.3, 0.4) is 0 Å². The predicted octanol–water partition coefficient (Wildman–Crippen LogP) is 0.254.